The SMILES string of the molecule is C=CC(=O)Nc1cc(Nc2ncc(Cl)c(-n3nc(NC)c4ccccc43)n2)c(OC)cc1N(C)CCN(C)C. The van der Waals surface area contributed by atoms with E-state index in [9.17, 15) is 4.79 Å². The van der Waals surface area contributed by atoms with Crippen molar-refractivity contribution < 1.29 is 9.53 Å². The minimum atomic E-state index is -0.329. The van der Waals surface area contributed by atoms with Gasteiger partial charge in [-0.05, 0) is 38.4 Å². The van der Waals surface area contributed by atoms with Crippen LogP contribution in [0.5, 0.6) is 5.75 Å². The van der Waals surface area contributed by atoms with Gasteiger partial charge in [0.05, 0.1) is 35.9 Å². The van der Waals surface area contributed by atoms with Gasteiger partial charge in [-0.3, -0.25) is 4.79 Å². The Morgan fingerprint density at radius 1 is 1.18 bits per heavy atom. The average molecular weight is 550 g/mol. The van der Waals surface area contributed by atoms with Crippen LogP contribution in [0.4, 0.5) is 28.8 Å². The number of aromatic nitrogens is 4. The normalized spacial score (nSPS) is 10.9. The number of carbonyl (C=O) groups is 1. The first kappa shape index (κ1) is 27.7. The maximum absolute atomic E-state index is 12.3. The molecule has 4 aromatic rings. The van der Waals surface area contributed by atoms with Crippen LogP contribution in [0.15, 0.2) is 55.3 Å². The van der Waals surface area contributed by atoms with Crippen LogP contribution in [-0.4, -0.2) is 78.9 Å². The molecular weight excluding hydrogens is 518 g/mol. The van der Waals surface area contributed by atoms with Gasteiger partial charge in [0, 0.05) is 38.6 Å². The first-order valence-corrected chi connectivity index (χ1v) is 12.6. The summed E-state index contributed by atoms with van der Waals surface area (Å²) in [6.07, 6.45) is 2.74. The van der Waals surface area contributed by atoms with Crippen LogP contribution in [-0.2, 0) is 4.79 Å². The number of methoxy groups -OCH3 is 1. The highest BCUT2D eigenvalue weighted by molar-refractivity contribution is 6.32. The standard InChI is InChI=1S/C27H32ClN9O2/c1-7-24(38)31-19-14-20(23(39-6)15-22(19)36(5)13-12-35(3)4)32-27-30-16-18(28)26(33-27)37-21-11-9-8-10-17(21)25(29-2)34-37/h7-11,14-16H,1,12-13H2,2-6H3,(H,29,34)(H,31,38)(H,30,32,33). The Kier molecular flexibility index (Phi) is 8.52. The number of rotatable bonds is 11. The number of carbonyl (C=O) groups excluding carboxylic acids is 1. The Balaban J connectivity index is 1.75. The molecule has 1 amide bonds. The summed E-state index contributed by atoms with van der Waals surface area (Å²) in [5, 5.41) is 15.1. The van der Waals surface area contributed by atoms with Crippen LogP contribution >= 0.6 is 11.6 Å². The van der Waals surface area contributed by atoms with Crippen molar-refractivity contribution in [3.63, 3.8) is 0 Å². The lowest BCUT2D eigenvalue weighted by atomic mass is 10.2. The molecule has 0 unspecified atom stereocenters. The molecule has 0 bridgehead atoms. The van der Waals surface area contributed by atoms with Crippen LogP contribution in [0.25, 0.3) is 16.7 Å². The number of hydrogen-bond acceptors (Lipinski definition) is 9. The molecule has 0 radical (unpaired) electrons. The molecule has 0 saturated carbocycles. The van der Waals surface area contributed by atoms with Gasteiger partial charge in [-0.15, -0.1) is 5.10 Å². The minimum absolute atomic E-state index is 0.271. The minimum Gasteiger partial charge on any atom is -0.494 e. The molecular formula is C27H32ClN9O2. The molecule has 0 fully saturated rings. The van der Waals surface area contributed by atoms with E-state index < -0.39 is 0 Å². The van der Waals surface area contributed by atoms with Gasteiger partial charge in [0.2, 0.25) is 11.9 Å². The highest BCUT2D eigenvalue weighted by Crippen LogP contribution is 2.38. The number of hydrogen-bond donors (Lipinski definition) is 3. The third-order valence-electron chi connectivity index (χ3n) is 6.05. The van der Waals surface area contributed by atoms with Gasteiger partial charge in [-0.25, -0.2) is 9.67 Å². The number of benzene rings is 2. The number of likely N-dealkylation sites (N-methyl/N-ethyl adjacent to an activating group) is 2. The van der Waals surface area contributed by atoms with Crippen LogP contribution in [0.2, 0.25) is 5.02 Å². The Morgan fingerprint density at radius 2 is 1.95 bits per heavy atom. The third-order valence-corrected chi connectivity index (χ3v) is 6.32. The number of nitrogens with one attached hydrogen (secondary N) is 3. The van der Waals surface area contributed by atoms with E-state index in [1.807, 2.05) is 63.4 Å². The Bertz CT molecular complexity index is 1500. The molecule has 2 aromatic carbocycles. The van der Waals surface area contributed by atoms with E-state index in [1.165, 1.54) is 12.3 Å². The smallest absolute Gasteiger partial charge is 0.247 e. The molecule has 3 N–H and O–H groups in total. The number of amides is 1. The second-order valence-electron chi connectivity index (χ2n) is 9.01. The van der Waals surface area contributed by atoms with Crippen LogP contribution in [0, 0.1) is 0 Å². The summed E-state index contributed by atoms with van der Waals surface area (Å²) in [6, 6.07) is 11.4. The molecule has 204 valence electrons. The zero-order valence-corrected chi connectivity index (χ0v) is 23.4. The van der Waals surface area contributed by atoms with Crippen LogP contribution < -0.4 is 25.6 Å². The van der Waals surface area contributed by atoms with Crippen molar-refractivity contribution in [2.45, 2.75) is 0 Å². The largest absolute Gasteiger partial charge is 0.494 e. The fourth-order valence-corrected chi connectivity index (χ4v) is 4.18. The van der Waals surface area contributed by atoms with E-state index in [0.29, 0.717) is 33.8 Å². The zero-order valence-electron chi connectivity index (χ0n) is 22.6. The van der Waals surface area contributed by atoms with Gasteiger partial charge in [-0.1, -0.05) is 30.3 Å². The summed E-state index contributed by atoms with van der Waals surface area (Å²) in [5.41, 5.74) is 2.76. The van der Waals surface area contributed by atoms with Crippen molar-refractivity contribution in [2.24, 2.45) is 0 Å². The molecule has 39 heavy (non-hydrogen) atoms. The number of anilines is 5. The molecule has 12 heteroatoms. The number of para-hydroxylation sites is 1. The highest BCUT2D eigenvalue weighted by atomic mass is 35.5. The van der Waals surface area contributed by atoms with Gasteiger partial charge in [0.25, 0.3) is 0 Å². The van der Waals surface area contributed by atoms with E-state index in [1.54, 1.807) is 17.9 Å². The molecule has 11 nitrogen and oxygen atoms in total. The molecule has 0 aliphatic carbocycles. The fourth-order valence-electron chi connectivity index (χ4n) is 4.01. The molecule has 0 aliphatic rings. The predicted molar refractivity (Wildman–Crippen MR) is 158 cm³/mol. The van der Waals surface area contributed by atoms with Crippen molar-refractivity contribution in [1.82, 2.24) is 24.6 Å². The zero-order chi connectivity index (χ0) is 28.1. The number of nitrogens with zero attached hydrogens (tertiary/aromatic N) is 6. The molecule has 0 saturated heterocycles. The van der Waals surface area contributed by atoms with Crippen LogP contribution in [0.1, 0.15) is 0 Å². The summed E-state index contributed by atoms with van der Waals surface area (Å²) < 4.78 is 7.37. The first-order chi connectivity index (χ1) is 18.7. The lowest BCUT2D eigenvalue weighted by Crippen LogP contribution is -2.29. The predicted octanol–water partition coefficient (Wildman–Crippen LogP) is 4.39. The second kappa shape index (κ2) is 12.0. The van der Waals surface area contributed by atoms with Gasteiger partial charge < -0.3 is 30.5 Å². The van der Waals surface area contributed by atoms with Crippen molar-refractivity contribution in [1.29, 1.82) is 0 Å². The maximum atomic E-state index is 12.3. The molecule has 0 atom stereocenters. The van der Waals surface area contributed by atoms with E-state index in [-0.39, 0.29) is 11.9 Å². The van der Waals surface area contributed by atoms with E-state index in [2.05, 4.69) is 42.5 Å². The van der Waals surface area contributed by atoms with Crippen molar-refractivity contribution in [2.75, 3.05) is 69.2 Å². The topological polar surface area (TPSA) is 112 Å². The van der Waals surface area contributed by atoms with E-state index in [0.717, 1.165) is 29.7 Å². The van der Waals surface area contributed by atoms with Crippen molar-refractivity contribution in [3.8, 4) is 11.6 Å². The van der Waals surface area contributed by atoms with Crippen LogP contribution in [0.3, 0.4) is 0 Å². The Morgan fingerprint density at radius 3 is 2.64 bits per heavy atom. The summed E-state index contributed by atoms with van der Waals surface area (Å²) in [4.78, 5) is 25.4. The average Bonchev–Trinajstić information content (AvgIpc) is 3.31. The number of ether oxygens (including phenoxy) is 1. The summed E-state index contributed by atoms with van der Waals surface area (Å²) in [5.74, 6) is 1.59. The van der Waals surface area contributed by atoms with Gasteiger partial charge in [0.1, 0.15) is 10.8 Å². The van der Waals surface area contributed by atoms with E-state index >= 15 is 0 Å². The van der Waals surface area contributed by atoms with Gasteiger partial charge in [0.15, 0.2) is 11.6 Å². The first-order valence-electron chi connectivity index (χ1n) is 12.2. The molecule has 4 rings (SSSR count). The maximum Gasteiger partial charge on any atom is 0.247 e. The fraction of sp³-hybridized carbons (Fsp3) is 0.259. The summed E-state index contributed by atoms with van der Waals surface area (Å²) in [7, 11) is 9.36. The van der Waals surface area contributed by atoms with Gasteiger partial charge >= 0.3 is 0 Å². The van der Waals surface area contributed by atoms with Crippen molar-refractivity contribution in [3.05, 3.63) is 60.3 Å². The van der Waals surface area contributed by atoms with Gasteiger partial charge in [-0.2, -0.15) is 4.98 Å². The lowest BCUT2D eigenvalue weighted by molar-refractivity contribution is -0.111. The second-order valence-corrected chi connectivity index (χ2v) is 9.41. The highest BCUT2D eigenvalue weighted by Gasteiger charge is 2.19. The molecule has 0 spiro atoms. The van der Waals surface area contributed by atoms with Crippen molar-refractivity contribution >= 4 is 57.2 Å². The Labute approximate surface area is 232 Å². The van der Waals surface area contributed by atoms with E-state index in [4.69, 9.17) is 16.3 Å². The lowest BCUT2D eigenvalue weighted by Gasteiger charge is -2.26. The monoisotopic (exact) mass is 549 g/mol. The molecule has 0 aliphatic heterocycles. The molecule has 2 aromatic heterocycles. The summed E-state index contributed by atoms with van der Waals surface area (Å²) in [6.45, 7) is 5.13. The Hall–Kier alpha value is -4.35. The third kappa shape index (κ3) is 6.05. The number of fused-ring (bicyclic) bond motifs is 1. The summed E-state index contributed by atoms with van der Waals surface area (Å²) >= 11 is 6.53. The quantitative estimate of drug-likeness (QED) is 0.234. The number of halogens is 1. The molecule has 2 heterocycles.